The van der Waals surface area contributed by atoms with Crippen LogP contribution < -0.4 is 5.32 Å². The maximum Gasteiger partial charge on any atom is 0.125 e. The zero-order valence-corrected chi connectivity index (χ0v) is 10.1. The Morgan fingerprint density at radius 1 is 1.31 bits per heavy atom. The minimum atomic E-state index is -0.205. The van der Waals surface area contributed by atoms with Crippen molar-refractivity contribution in [1.82, 2.24) is 4.98 Å². The van der Waals surface area contributed by atoms with Crippen LogP contribution in [0.3, 0.4) is 0 Å². The zero-order valence-electron chi connectivity index (χ0n) is 9.25. The molecule has 0 radical (unpaired) electrons. The van der Waals surface area contributed by atoms with Crippen molar-refractivity contribution in [3.8, 4) is 0 Å². The molecular weight excluding hydrogens is 223 g/mol. The Morgan fingerprint density at radius 3 is 2.75 bits per heavy atom. The fraction of sp³-hybridized carbons (Fsp3) is 0.250. The van der Waals surface area contributed by atoms with Gasteiger partial charge in [0.15, 0.2) is 0 Å². The Labute approximate surface area is 98.2 Å². The lowest BCUT2D eigenvalue weighted by molar-refractivity contribution is 0.627. The van der Waals surface area contributed by atoms with Gasteiger partial charge in [0.2, 0.25) is 0 Å². The molecule has 1 N–H and O–H groups in total. The van der Waals surface area contributed by atoms with Crippen LogP contribution in [0, 0.1) is 19.7 Å². The van der Waals surface area contributed by atoms with Gasteiger partial charge in [-0.15, -0.1) is 11.3 Å². The van der Waals surface area contributed by atoms with Crippen molar-refractivity contribution in [2.24, 2.45) is 0 Å². The number of rotatable bonds is 3. The topological polar surface area (TPSA) is 24.9 Å². The molecule has 0 unspecified atom stereocenters. The highest BCUT2D eigenvalue weighted by Gasteiger charge is 2.02. The molecule has 0 amide bonds. The number of halogens is 1. The monoisotopic (exact) mass is 236 g/mol. The van der Waals surface area contributed by atoms with Gasteiger partial charge < -0.3 is 5.32 Å². The minimum absolute atomic E-state index is 0.205. The lowest BCUT2D eigenvalue weighted by Gasteiger charge is -2.06. The van der Waals surface area contributed by atoms with Crippen LogP contribution in [0.1, 0.15) is 16.1 Å². The number of hydrogen-bond acceptors (Lipinski definition) is 3. The van der Waals surface area contributed by atoms with Crippen molar-refractivity contribution in [1.29, 1.82) is 0 Å². The SMILES string of the molecule is Cc1cc(F)cc(NCc2scnc2C)c1. The molecule has 2 nitrogen and oxygen atoms in total. The molecular formula is C12H13FN2S. The number of aryl methyl sites for hydroxylation is 2. The molecule has 0 fully saturated rings. The molecule has 0 spiro atoms. The van der Waals surface area contributed by atoms with E-state index >= 15 is 0 Å². The van der Waals surface area contributed by atoms with E-state index in [0.717, 1.165) is 16.9 Å². The first-order valence-electron chi connectivity index (χ1n) is 5.05. The van der Waals surface area contributed by atoms with E-state index < -0.39 is 0 Å². The van der Waals surface area contributed by atoms with E-state index in [9.17, 15) is 4.39 Å². The van der Waals surface area contributed by atoms with Gasteiger partial charge in [-0.1, -0.05) is 0 Å². The second-order valence-corrected chi connectivity index (χ2v) is 4.67. The van der Waals surface area contributed by atoms with E-state index in [1.165, 1.54) is 17.0 Å². The Balaban J connectivity index is 2.07. The van der Waals surface area contributed by atoms with Crippen LogP contribution in [0.4, 0.5) is 10.1 Å². The summed E-state index contributed by atoms with van der Waals surface area (Å²) in [5.41, 5.74) is 4.59. The Hall–Kier alpha value is -1.42. The summed E-state index contributed by atoms with van der Waals surface area (Å²) in [4.78, 5) is 5.35. The van der Waals surface area contributed by atoms with E-state index in [-0.39, 0.29) is 5.82 Å². The summed E-state index contributed by atoms with van der Waals surface area (Å²) in [7, 11) is 0. The second-order valence-electron chi connectivity index (χ2n) is 3.73. The van der Waals surface area contributed by atoms with Gasteiger partial charge in [-0.2, -0.15) is 0 Å². The van der Waals surface area contributed by atoms with Crippen molar-refractivity contribution in [2.45, 2.75) is 20.4 Å². The van der Waals surface area contributed by atoms with Crippen LogP contribution >= 0.6 is 11.3 Å². The lowest BCUT2D eigenvalue weighted by atomic mass is 10.2. The molecule has 2 rings (SSSR count). The zero-order chi connectivity index (χ0) is 11.5. The predicted molar refractivity (Wildman–Crippen MR) is 65.3 cm³/mol. The van der Waals surface area contributed by atoms with Crippen LogP contribution in [0.25, 0.3) is 0 Å². The van der Waals surface area contributed by atoms with Gasteiger partial charge in [0, 0.05) is 10.6 Å². The van der Waals surface area contributed by atoms with E-state index in [1.54, 1.807) is 11.3 Å². The molecule has 0 aliphatic rings. The predicted octanol–water partition coefficient (Wildman–Crippen LogP) is 3.51. The number of nitrogens with zero attached hydrogens (tertiary/aromatic N) is 1. The van der Waals surface area contributed by atoms with Gasteiger partial charge in [0.1, 0.15) is 5.82 Å². The lowest BCUT2D eigenvalue weighted by Crippen LogP contribution is -1.99. The largest absolute Gasteiger partial charge is 0.380 e. The molecule has 4 heteroatoms. The van der Waals surface area contributed by atoms with Crippen LogP contribution in [-0.4, -0.2) is 4.98 Å². The third kappa shape index (κ3) is 2.58. The number of benzene rings is 1. The first kappa shape index (κ1) is 11.1. The Kier molecular flexibility index (Phi) is 3.19. The Morgan fingerprint density at radius 2 is 2.12 bits per heavy atom. The summed E-state index contributed by atoms with van der Waals surface area (Å²) < 4.78 is 13.1. The van der Waals surface area contributed by atoms with Gasteiger partial charge >= 0.3 is 0 Å². The molecule has 0 saturated carbocycles. The van der Waals surface area contributed by atoms with Gasteiger partial charge in [-0.25, -0.2) is 9.37 Å². The summed E-state index contributed by atoms with van der Waals surface area (Å²) in [6.07, 6.45) is 0. The number of hydrogen-bond donors (Lipinski definition) is 1. The highest BCUT2D eigenvalue weighted by molar-refractivity contribution is 7.09. The number of thiazole rings is 1. The van der Waals surface area contributed by atoms with E-state index in [1.807, 2.05) is 25.4 Å². The molecule has 84 valence electrons. The van der Waals surface area contributed by atoms with Crippen LogP contribution in [-0.2, 0) is 6.54 Å². The van der Waals surface area contributed by atoms with E-state index in [2.05, 4.69) is 10.3 Å². The molecule has 0 atom stereocenters. The molecule has 2 aromatic rings. The molecule has 1 heterocycles. The summed E-state index contributed by atoms with van der Waals surface area (Å²) in [6.45, 7) is 4.55. The van der Waals surface area contributed by atoms with Crippen LogP contribution in [0.5, 0.6) is 0 Å². The molecule has 0 aliphatic carbocycles. The average Bonchev–Trinajstić information content (AvgIpc) is 2.59. The smallest absolute Gasteiger partial charge is 0.125 e. The molecule has 16 heavy (non-hydrogen) atoms. The summed E-state index contributed by atoms with van der Waals surface area (Å²) in [5.74, 6) is -0.205. The maximum atomic E-state index is 13.1. The Bertz CT molecular complexity index is 473. The fourth-order valence-corrected chi connectivity index (χ4v) is 2.23. The molecule has 0 bridgehead atoms. The molecule has 0 saturated heterocycles. The third-order valence-electron chi connectivity index (χ3n) is 2.34. The summed E-state index contributed by atoms with van der Waals surface area (Å²) in [6, 6.07) is 4.95. The van der Waals surface area contributed by atoms with Crippen molar-refractivity contribution in [3.05, 3.63) is 45.7 Å². The summed E-state index contributed by atoms with van der Waals surface area (Å²) in [5, 5.41) is 3.20. The van der Waals surface area contributed by atoms with Crippen molar-refractivity contribution in [3.63, 3.8) is 0 Å². The van der Waals surface area contributed by atoms with Gasteiger partial charge in [-0.3, -0.25) is 0 Å². The normalized spacial score (nSPS) is 10.4. The van der Waals surface area contributed by atoms with Gasteiger partial charge in [0.25, 0.3) is 0 Å². The van der Waals surface area contributed by atoms with Crippen molar-refractivity contribution < 1.29 is 4.39 Å². The maximum absolute atomic E-state index is 13.1. The highest BCUT2D eigenvalue weighted by Crippen LogP contribution is 2.17. The fourth-order valence-electron chi connectivity index (χ4n) is 1.52. The molecule has 1 aromatic carbocycles. The first-order chi connectivity index (χ1) is 7.65. The standard InChI is InChI=1S/C12H13FN2S/c1-8-3-10(13)5-11(4-8)14-6-12-9(2)15-7-16-12/h3-5,7,14H,6H2,1-2H3. The van der Waals surface area contributed by atoms with E-state index in [0.29, 0.717) is 6.54 Å². The summed E-state index contributed by atoms with van der Waals surface area (Å²) >= 11 is 1.61. The quantitative estimate of drug-likeness (QED) is 0.882. The third-order valence-corrected chi connectivity index (χ3v) is 3.28. The van der Waals surface area contributed by atoms with Crippen molar-refractivity contribution >= 4 is 17.0 Å². The van der Waals surface area contributed by atoms with Gasteiger partial charge in [0.05, 0.1) is 17.7 Å². The van der Waals surface area contributed by atoms with E-state index in [4.69, 9.17) is 0 Å². The molecule has 1 aromatic heterocycles. The first-order valence-corrected chi connectivity index (χ1v) is 5.93. The number of aromatic nitrogens is 1. The van der Waals surface area contributed by atoms with Crippen molar-refractivity contribution in [2.75, 3.05) is 5.32 Å². The number of anilines is 1. The minimum Gasteiger partial charge on any atom is -0.380 e. The number of nitrogens with one attached hydrogen (secondary N) is 1. The molecule has 0 aliphatic heterocycles. The highest BCUT2D eigenvalue weighted by atomic mass is 32.1. The van der Waals surface area contributed by atoms with Gasteiger partial charge in [-0.05, 0) is 37.6 Å². The average molecular weight is 236 g/mol. The second kappa shape index (κ2) is 4.61. The van der Waals surface area contributed by atoms with Crippen LogP contribution in [0.15, 0.2) is 23.7 Å². The van der Waals surface area contributed by atoms with Crippen LogP contribution in [0.2, 0.25) is 0 Å².